The second-order valence-corrected chi connectivity index (χ2v) is 7.08. The number of hydrogen-bond acceptors (Lipinski definition) is 3. The van der Waals surface area contributed by atoms with E-state index in [2.05, 4.69) is 17.6 Å². The van der Waals surface area contributed by atoms with Crippen LogP contribution in [-0.2, 0) is 4.79 Å². The van der Waals surface area contributed by atoms with Crippen LogP contribution in [0.15, 0.2) is 0 Å². The molecule has 2 saturated carbocycles. The van der Waals surface area contributed by atoms with Crippen molar-refractivity contribution in [2.75, 3.05) is 12.3 Å². The molecule has 19 heavy (non-hydrogen) atoms. The maximum atomic E-state index is 11.7. The predicted molar refractivity (Wildman–Crippen MR) is 75.4 cm³/mol. The first-order valence-electron chi connectivity index (χ1n) is 6.95. The SMILES string of the molecule is CCSC1CCC(NC(=O)NCC2(C(=O)O)CC2)C1. The molecule has 0 aromatic heterocycles. The second-order valence-electron chi connectivity index (χ2n) is 5.50. The highest BCUT2D eigenvalue weighted by atomic mass is 32.2. The average Bonchev–Trinajstić information content (AvgIpc) is 3.04. The van der Waals surface area contributed by atoms with Crippen molar-refractivity contribution in [1.29, 1.82) is 0 Å². The molecule has 2 unspecified atom stereocenters. The normalized spacial score (nSPS) is 27.8. The number of carbonyl (C=O) groups excluding carboxylic acids is 1. The molecule has 2 fully saturated rings. The average molecular weight is 286 g/mol. The lowest BCUT2D eigenvalue weighted by molar-refractivity contribution is -0.143. The molecule has 0 aromatic rings. The summed E-state index contributed by atoms with van der Waals surface area (Å²) in [6, 6.07) is 0.0173. The Bertz CT molecular complexity index is 358. The molecule has 108 valence electrons. The summed E-state index contributed by atoms with van der Waals surface area (Å²) in [5.41, 5.74) is -0.687. The van der Waals surface area contributed by atoms with Gasteiger partial charge in [0.25, 0.3) is 0 Å². The minimum absolute atomic E-state index is 0.223. The number of aliphatic carboxylic acids is 1. The third-order valence-corrected chi connectivity index (χ3v) is 5.25. The van der Waals surface area contributed by atoms with Crippen LogP contribution in [0.25, 0.3) is 0 Å². The summed E-state index contributed by atoms with van der Waals surface area (Å²) in [5, 5.41) is 15.3. The molecule has 2 atom stereocenters. The molecule has 0 saturated heterocycles. The first-order chi connectivity index (χ1) is 9.05. The zero-order valence-electron chi connectivity index (χ0n) is 11.3. The van der Waals surface area contributed by atoms with Crippen LogP contribution in [-0.4, -0.2) is 40.7 Å². The molecular weight excluding hydrogens is 264 g/mol. The van der Waals surface area contributed by atoms with Crippen LogP contribution in [0, 0.1) is 5.41 Å². The fourth-order valence-corrected chi connectivity index (χ4v) is 3.70. The number of carboxylic acids is 1. The van der Waals surface area contributed by atoms with Gasteiger partial charge in [-0.2, -0.15) is 11.8 Å². The van der Waals surface area contributed by atoms with Crippen LogP contribution in [0.4, 0.5) is 4.79 Å². The van der Waals surface area contributed by atoms with Crippen LogP contribution < -0.4 is 10.6 Å². The molecule has 0 radical (unpaired) electrons. The number of carboxylic acid groups (broad SMARTS) is 1. The Labute approximate surface area is 117 Å². The van der Waals surface area contributed by atoms with Gasteiger partial charge in [0.15, 0.2) is 0 Å². The number of urea groups is 1. The fraction of sp³-hybridized carbons (Fsp3) is 0.846. The summed E-state index contributed by atoms with van der Waals surface area (Å²) in [6.07, 6.45) is 4.54. The Kier molecular flexibility index (Phi) is 4.60. The maximum absolute atomic E-state index is 11.7. The number of carbonyl (C=O) groups is 2. The van der Waals surface area contributed by atoms with Gasteiger partial charge in [-0.25, -0.2) is 4.79 Å². The van der Waals surface area contributed by atoms with Crippen molar-refractivity contribution in [2.24, 2.45) is 5.41 Å². The lowest BCUT2D eigenvalue weighted by Gasteiger charge is -2.16. The smallest absolute Gasteiger partial charge is 0.315 e. The van der Waals surface area contributed by atoms with E-state index in [1.165, 1.54) is 0 Å². The quantitative estimate of drug-likeness (QED) is 0.696. The highest BCUT2D eigenvalue weighted by Gasteiger charge is 2.50. The molecular formula is C13H22N2O3S. The minimum Gasteiger partial charge on any atom is -0.481 e. The Morgan fingerprint density at radius 3 is 2.68 bits per heavy atom. The molecule has 2 rings (SSSR count). The summed E-state index contributed by atoms with van der Waals surface area (Å²) >= 11 is 1.95. The van der Waals surface area contributed by atoms with Crippen molar-refractivity contribution in [3.63, 3.8) is 0 Å². The minimum atomic E-state index is -0.798. The number of nitrogens with one attached hydrogen (secondary N) is 2. The van der Waals surface area contributed by atoms with Crippen LogP contribution >= 0.6 is 11.8 Å². The van der Waals surface area contributed by atoms with E-state index in [0.717, 1.165) is 25.0 Å². The van der Waals surface area contributed by atoms with Gasteiger partial charge < -0.3 is 15.7 Å². The third kappa shape index (κ3) is 3.78. The Morgan fingerprint density at radius 2 is 2.11 bits per heavy atom. The molecule has 5 nitrogen and oxygen atoms in total. The summed E-state index contributed by atoms with van der Waals surface area (Å²) in [4.78, 5) is 22.7. The number of thioether (sulfide) groups is 1. The second kappa shape index (κ2) is 6.03. The molecule has 6 heteroatoms. The van der Waals surface area contributed by atoms with Crippen molar-refractivity contribution in [1.82, 2.24) is 10.6 Å². The summed E-state index contributed by atoms with van der Waals surface area (Å²) in [7, 11) is 0. The molecule has 2 amide bonds. The van der Waals surface area contributed by atoms with Crippen molar-refractivity contribution in [3.8, 4) is 0 Å². The number of amides is 2. The first kappa shape index (κ1) is 14.5. The highest BCUT2D eigenvalue weighted by molar-refractivity contribution is 7.99. The van der Waals surface area contributed by atoms with E-state index in [0.29, 0.717) is 18.1 Å². The van der Waals surface area contributed by atoms with Crippen molar-refractivity contribution < 1.29 is 14.7 Å². The van der Waals surface area contributed by atoms with Crippen molar-refractivity contribution >= 4 is 23.8 Å². The highest BCUT2D eigenvalue weighted by Crippen LogP contribution is 2.45. The fourth-order valence-electron chi connectivity index (χ4n) is 2.56. The monoisotopic (exact) mass is 286 g/mol. The number of rotatable bonds is 6. The van der Waals surface area contributed by atoms with Crippen LogP contribution in [0.1, 0.15) is 39.0 Å². The molecule has 2 aliphatic carbocycles. The van der Waals surface area contributed by atoms with E-state index in [9.17, 15) is 9.59 Å². The van der Waals surface area contributed by atoms with Gasteiger partial charge in [-0.15, -0.1) is 0 Å². The molecule has 3 N–H and O–H groups in total. The van der Waals surface area contributed by atoms with Crippen molar-refractivity contribution in [3.05, 3.63) is 0 Å². The summed E-state index contributed by atoms with van der Waals surface area (Å²) in [6.45, 7) is 2.40. The van der Waals surface area contributed by atoms with Crippen LogP contribution in [0.3, 0.4) is 0 Å². The van der Waals surface area contributed by atoms with Crippen molar-refractivity contribution in [2.45, 2.75) is 50.3 Å². The van der Waals surface area contributed by atoms with E-state index < -0.39 is 11.4 Å². The topological polar surface area (TPSA) is 78.4 Å². The van der Waals surface area contributed by atoms with Gasteiger partial charge in [-0.3, -0.25) is 4.79 Å². The standard InChI is InChI=1S/C13H22N2O3S/c1-2-19-10-4-3-9(7-10)15-12(18)14-8-13(5-6-13)11(16)17/h9-10H,2-8H2,1H3,(H,16,17)(H2,14,15,18). The van der Waals surface area contributed by atoms with E-state index in [1.54, 1.807) is 0 Å². The van der Waals surface area contributed by atoms with Gasteiger partial charge >= 0.3 is 12.0 Å². The molecule has 0 bridgehead atoms. The van der Waals surface area contributed by atoms with E-state index in [1.807, 2.05) is 11.8 Å². The van der Waals surface area contributed by atoms with Gasteiger partial charge in [0.1, 0.15) is 0 Å². The Morgan fingerprint density at radius 1 is 1.37 bits per heavy atom. The third-order valence-electron chi connectivity index (χ3n) is 4.02. The van der Waals surface area contributed by atoms with E-state index >= 15 is 0 Å². The molecule has 0 aromatic carbocycles. The molecule has 2 aliphatic rings. The van der Waals surface area contributed by atoms with E-state index in [-0.39, 0.29) is 18.6 Å². The number of hydrogen-bond donors (Lipinski definition) is 3. The lowest BCUT2D eigenvalue weighted by atomic mass is 10.1. The zero-order valence-corrected chi connectivity index (χ0v) is 12.1. The predicted octanol–water partition coefficient (Wildman–Crippen LogP) is 1.82. The zero-order chi connectivity index (χ0) is 13.9. The lowest BCUT2D eigenvalue weighted by Crippen LogP contribution is -2.44. The molecule has 0 aliphatic heterocycles. The van der Waals surface area contributed by atoms with Gasteiger partial charge in [0, 0.05) is 17.8 Å². The molecule has 0 heterocycles. The summed E-state index contributed by atoms with van der Waals surface area (Å²) in [5.74, 6) is 0.318. The van der Waals surface area contributed by atoms with E-state index in [4.69, 9.17) is 5.11 Å². The Hall–Kier alpha value is -0.910. The van der Waals surface area contributed by atoms with Crippen LogP contribution in [0.2, 0.25) is 0 Å². The van der Waals surface area contributed by atoms with Crippen LogP contribution in [0.5, 0.6) is 0 Å². The first-order valence-corrected chi connectivity index (χ1v) is 8.00. The largest absolute Gasteiger partial charge is 0.481 e. The van der Waals surface area contributed by atoms with Gasteiger partial charge in [0.05, 0.1) is 5.41 Å². The van der Waals surface area contributed by atoms with Gasteiger partial charge in [-0.1, -0.05) is 6.92 Å². The van der Waals surface area contributed by atoms with Gasteiger partial charge in [-0.05, 0) is 37.9 Å². The Balaban J connectivity index is 1.67. The summed E-state index contributed by atoms with van der Waals surface area (Å²) < 4.78 is 0. The molecule has 0 spiro atoms. The maximum Gasteiger partial charge on any atom is 0.315 e. The van der Waals surface area contributed by atoms with Gasteiger partial charge in [0.2, 0.25) is 0 Å².